The molecule has 2 aliphatic heterocycles. The first kappa shape index (κ1) is 14.4. The molecular weight excluding hydrogens is 288 g/mol. The number of carbonyl (C=O) groups excluding carboxylic acids is 1. The third-order valence-electron chi connectivity index (χ3n) is 4.20. The summed E-state index contributed by atoms with van der Waals surface area (Å²) in [7, 11) is -2.89. The van der Waals surface area contributed by atoms with Crippen molar-refractivity contribution in [1.82, 2.24) is 5.32 Å². The van der Waals surface area contributed by atoms with E-state index in [1.165, 1.54) is 5.56 Å². The van der Waals surface area contributed by atoms with Crippen molar-refractivity contribution in [2.75, 3.05) is 23.4 Å². The highest BCUT2D eigenvalue weighted by Crippen LogP contribution is 2.23. The van der Waals surface area contributed by atoms with E-state index in [2.05, 4.69) is 10.6 Å². The van der Waals surface area contributed by atoms with Crippen LogP contribution in [0.2, 0.25) is 0 Å². The van der Waals surface area contributed by atoms with Crippen LogP contribution in [0.3, 0.4) is 0 Å². The summed E-state index contributed by atoms with van der Waals surface area (Å²) in [5, 5.41) is 6.28. The van der Waals surface area contributed by atoms with Gasteiger partial charge in [0.2, 0.25) is 0 Å². The number of amides is 1. The first-order valence-corrected chi connectivity index (χ1v) is 9.24. The van der Waals surface area contributed by atoms with Crippen LogP contribution in [0.4, 0.5) is 5.69 Å². The van der Waals surface area contributed by atoms with Gasteiger partial charge < -0.3 is 10.6 Å². The molecule has 1 aromatic carbocycles. The van der Waals surface area contributed by atoms with Crippen molar-refractivity contribution in [3.05, 3.63) is 29.3 Å². The zero-order chi connectivity index (χ0) is 14.9. The number of anilines is 1. The lowest BCUT2D eigenvalue weighted by Gasteiger charge is -2.23. The largest absolute Gasteiger partial charge is 0.385 e. The van der Waals surface area contributed by atoms with Gasteiger partial charge in [-0.3, -0.25) is 4.79 Å². The van der Waals surface area contributed by atoms with Crippen LogP contribution in [0, 0.1) is 0 Å². The van der Waals surface area contributed by atoms with Gasteiger partial charge in [0, 0.05) is 23.8 Å². The molecule has 2 N–H and O–H groups in total. The molecule has 0 atom stereocenters. The van der Waals surface area contributed by atoms with Gasteiger partial charge in [-0.2, -0.15) is 0 Å². The molecule has 2 aliphatic rings. The summed E-state index contributed by atoms with van der Waals surface area (Å²) in [5.74, 6) is 0.241. The number of hydrogen-bond donors (Lipinski definition) is 2. The Balaban J connectivity index is 1.66. The minimum atomic E-state index is -2.89. The second-order valence-electron chi connectivity index (χ2n) is 5.80. The van der Waals surface area contributed by atoms with Gasteiger partial charge in [-0.05, 0) is 49.4 Å². The molecule has 0 unspecified atom stereocenters. The standard InChI is InChI=1S/C15H20N2O3S/c18-15(17-13-5-8-21(19,20)9-6-13)12-3-4-14-11(10-12)2-1-7-16-14/h3-4,10,13,16H,1-2,5-9H2,(H,17,18). The van der Waals surface area contributed by atoms with E-state index in [1.54, 1.807) is 0 Å². The minimum absolute atomic E-state index is 0.0322. The van der Waals surface area contributed by atoms with Gasteiger partial charge in [0.1, 0.15) is 9.84 Å². The predicted octanol–water partition coefficient (Wildman–Crippen LogP) is 1.35. The van der Waals surface area contributed by atoms with E-state index in [0.29, 0.717) is 18.4 Å². The minimum Gasteiger partial charge on any atom is -0.385 e. The van der Waals surface area contributed by atoms with Gasteiger partial charge >= 0.3 is 0 Å². The zero-order valence-corrected chi connectivity index (χ0v) is 12.7. The molecule has 1 saturated heterocycles. The highest BCUT2D eigenvalue weighted by molar-refractivity contribution is 7.91. The van der Waals surface area contributed by atoms with Gasteiger partial charge in [0.15, 0.2) is 0 Å². The topological polar surface area (TPSA) is 75.3 Å². The summed E-state index contributed by atoms with van der Waals surface area (Å²) < 4.78 is 22.8. The van der Waals surface area contributed by atoms with E-state index in [1.807, 2.05) is 18.2 Å². The average Bonchev–Trinajstić information content (AvgIpc) is 2.49. The molecule has 6 heteroatoms. The van der Waals surface area contributed by atoms with Crippen LogP contribution in [-0.2, 0) is 16.3 Å². The first-order valence-electron chi connectivity index (χ1n) is 7.42. The van der Waals surface area contributed by atoms with Crippen LogP contribution >= 0.6 is 0 Å². The number of fused-ring (bicyclic) bond motifs is 1. The summed E-state index contributed by atoms with van der Waals surface area (Å²) in [5.41, 5.74) is 2.95. The molecule has 0 bridgehead atoms. The number of sulfone groups is 1. The maximum Gasteiger partial charge on any atom is 0.251 e. The summed E-state index contributed by atoms with van der Waals surface area (Å²) in [4.78, 5) is 12.3. The summed E-state index contributed by atoms with van der Waals surface area (Å²) in [6, 6.07) is 5.69. The molecular formula is C15H20N2O3S. The molecule has 1 fully saturated rings. The van der Waals surface area contributed by atoms with Crippen LogP contribution in [0.25, 0.3) is 0 Å². The second-order valence-corrected chi connectivity index (χ2v) is 8.11. The van der Waals surface area contributed by atoms with Crippen molar-refractivity contribution in [3.63, 3.8) is 0 Å². The van der Waals surface area contributed by atoms with Crippen molar-refractivity contribution in [2.45, 2.75) is 31.7 Å². The Hall–Kier alpha value is -1.56. The van der Waals surface area contributed by atoms with Gasteiger partial charge in [0.05, 0.1) is 11.5 Å². The fourth-order valence-electron chi connectivity index (χ4n) is 2.92. The van der Waals surface area contributed by atoms with Crippen LogP contribution in [0.1, 0.15) is 35.2 Å². The molecule has 114 valence electrons. The second kappa shape index (κ2) is 5.67. The molecule has 2 heterocycles. The molecule has 21 heavy (non-hydrogen) atoms. The van der Waals surface area contributed by atoms with Crippen molar-refractivity contribution >= 4 is 21.4 Å². The molecule has 1 aromatic rings. The highest BCUT2D eigenvalue weighted by atomic mass is 32.2. The maximum absolute atomic E-state index is 12.3. The van der Waals surface area contributed by atoms with E-state index in [4.69, 9.17) is 0 Å². The van der Waals surface area contributed by atoms with Crippen LogP contribution < -0.4 is 10.6 Å². The quantitative estimate of drug-likeness (QED) is 0.865. The van der Waals surface area contributed by atoms with Gasteiger partial charge in [-0.15, -0.1) is 0 Å². The normalized spacial score (nSPS) is 21.1. The SMILES string of the molecule is O=C(NC1CCS(=O)(=O)CC1)c1ccc2c(c1)CCCN2. The van der Waals surface area contributed by atoms with E-state index >= 15 is 0 Å². The number of benzene rings is 1. The van der Waals surface area contributed by atoms with Crippen LogP contribution in [-0.4, -0.2) is 38.4 Å². The number of aryl methyl sites for hydroxylation is 1. The molecule has 3 rings (SSSR count). The van der Waals surface area contributed by atoms with E-state index in [-0.39, 0.29) is 23.5 Å². The van der Waals surface area contributed by atoms with E-state index in [0.717, 1.165) is 25.1 Å². The summed E-state index contributed by atoms with van der Waals surface area (Å²) in [6.45, 7) is 0.981. The Morgan fingerprint density at radius 3 is 2.76 bits per heavy atom. The van der Waals surface area contributed by atoms with Gasteiger partial charge in [-0.25, -0.2) is 8.42 Å². The van der Waals surface area contributed by atoms with Crippen molar-refractivity contribution in [2.24, 2.45) is 0 Å². The lowest BCUT2D eigenvalue weighted by molar-refractivity contribution is 0.0934. The predicted molar refractivity (Wildman–Crippen MR) is 82.4 cm³/mol. The molecule has 0 aromatic heterocycles. The Kier molecular flexibility index (Phi) is 3.89. The first-order chi connectivity index (χ1) is 10.0. The van der Waals surface area contributed by atoms with Crippen molar-refractivity contribution < 1.29 is 13.2 Å². The number of carbonyl (C=O) groups is 1. The molecule has 0 radical (unpaired) electrons. The van der Waals surface area contributed by atoms with Crippen molar-refractivity contribution in [3.8, 4) is 0 Å². The molecule has 0 spiro atoms. The van der Waals surface area contributed by atoms with Gasteiger partial charge in [0.25, 0.3) is 5.91 Å². The van der Waals surface area contributed by atoms with Crippen LogP contribution in [0.5, 0.6) is 0 Å². The number of hydrogen-bond acceptors (Lipinski definition) is 4. The van der Waals surface area contributed by atoms with E-state index in [9.17, 15) is 13.2 Å². The maximum atomic E-state index is 12.3. The lowest BCUT2D eigenvalue weighted by atomic mass is 10.0. The third kappa shape index (κ3) is 3.37. The zero-order valence-electron chi connectivity index (χ0n) is 11.9. The Bertz CT molecular complexity index is 641. The average molecular weight is 308 g/mol. The molecule has 1 amide bonds. The monoisotopic (exact) mass is 308 g/mol. The lowest BCUT2D eigenvalue weighted by Crippen LogP contribution is -2.40. The Morgan fingerprint density at radius 2 is 2.00 bits per heavy atom. The Labute approximate surface area is 125 Å². The third-order valence-corrected chi connectivity index (χ3v) is 5.91. The molecule has 5 nitrogen and oxygen atoms in total. The summed E-state index contributed by atoms with van der Waals surface area (Å²) in [6.07, 6.45) is 3.10. The fraction of sp³-hybridized carbons (Fsp3) is 0.533. The fourth-order valence-corrected chi connectivity index (χ4v) is 4.41. The number of nitrogens with one attached hydrogen (secondary N) is 2. The Morgan fingerprint density at radius 1 is 1.24 bits per heavy atom. The number of rotatable bonds is 2. The molecule has 0 saturated carbocycles. The smallest absolute Gasteiger partial charge is 0.251 e. The highest BCUT2D eigenvalue weighted by Gasteiger charge is 2.25. The van der Waals surface area contributed by atoms with E-state index < -0.39 is 9.84 Å². The van der Waals surface area contributed by atoms with Crippen LogP contribution in [0.15, 0.2) is 18.2 Å². The summed E-state index contributed by atoms with van der Waals surface area (Å²) >= 11 is 0. The molecule has 0 aliphatic carbocycles. The van der Waals surface area contributed by atoms with Gasteiger partial charge in [-0.1, -0.05) is 0 Å². The van der Waals surface area contributed by atoms with Crippen molar-refractivity contribution in [1.29, 1.82) is 0 Å².